The molecule has 2 aromatic carbocycles. The van der Waals surface area contributed by atoms with Crippen molar-refractivity contribution in [3.63, 3.8) is 0 Å². The molecule has 0 aromatic heterocycles. The van der Waals surface area contributed by atoms with Gasteiger partial charge in [-0.25, -0.2) is 0 Å². The van der Waals surface area contributed by atoms with Gasteiger partial charge in [0.15, 0.2) is 0 Å². The lowest BCUT2D eigenvalue weighted by atomic mass is 9.70. The summed E-state index contributed by atoms with van der Waals surface area (Å²) >= 11 is 0. The van der Waals surface area contributed by atoms with Gasteiger partial charge >= 0.3 is 0 Å². The van der Waals surface area contributed by atoms with E-state index >= 15 is 0 Å². The van der Waals surface area contributed by atoms with Gasteiger partial charge in [-0.1, -0.05) is 54.6 Å². The molecule has 0 saturated carbocycles. The molecule has 1 amide bonds. The van der Waals surface area contributed by atoms with E-state index in [1.807, 2.05) is 23.1 Å². The molecule has 0 radical (unpaired) electrons. The maximum Gasteiger partial charge on any atom is 0.233 e. The monoisotopic (exact) mass is 370 g/mol. The summed E-state index contributed by atoms with van der Waals surface area (Å²) in [6.07, 6.45) is 3.07. The molecule has 2 aromatic rings. The first-order chi connectivity index (χ1) is 12.1. The molecule has 1 unspecified atom stereocenters. The molecule has 26 heavy (non-hydrogen) atoms. The minimum absolute atomic E-state index is 0. The number of hydrogen-bond acceptors (Lipinski definition) is 2. The van der Waals surface area contributed by atoms with Crippen molar-refractivity contribution in [3.8, 4) is 0 Å². The number of carbonyl (C=O) groups excluding carboxylic acids is 1. The topological polar surface area (TPSA) is 46.3 Å². The van der Waals surface area contributed by atoms with Crippen molar-refractivity contribution in [3.05, 3.63) is 71.3 Å². The maximum absolute atomic E-state index is 13.5. The van der Waals surface area contributed by atoms with Crippen LogP contribution < -0.4 is 5.73 Å². The highest BCUT2D eigenvalue weighted by atomic mass is 35.5. The zero-order chi connectivity index (χ0) is 17.4. The molecule has 1 fully saturated rings. The Morgan fingerprint density at radius 1 is 1.08 bits per heavy atom. The fourth-order valence-corrected chi connectivity index (χ4v) is 4.66. The van der Waals surface area contributed by atoms with Crippen molar-refractivity contribution in [2.24, 2.45) is 5.73 Å². The summed E-state index contributed by atoms with van der Waals surface area (Å²) in [5.41, 5.74) is 9.77. The standard InChI is InChI=1S/C22H26N2O.ClH/c1-22(13-7-11-17-10-5-6-12-19(17)22)21(25)24-14-18(20(23)15-24)16-8-3-2-4-9-16;/h2-6,8-10,12,18,20H,7,11,13-15,23H2,1H3;1H/t18-,20+,22?;/m0./s1. The SMILES string of the molecule is CC1(C(=O)N2C[C@@H](N)[C@H](c3ccccc3)C2)CCCc2ccccc21.Cl. The number of fused-ring (bicyclic) bond motifs is 1. The maximum atomic E-state index is 13.5. The molecule has 3 atom stereocenters. The Labute approximate surface area is 162 Å². The Morgan fingerprint density at radius 2 is 1.77 bits per heavy atom. The van der Waals surface area contributed by atoms with Crippen LogP contribution in [-0.2, 0) is 16.6 Å². The number of aryl methyl sites for hydroxylation is 1. The molecule has 4 rings (SSSR count). The summed E-state index contributed by atoms with van der Waals surface area (Å²) < 4.78 is 0. The van der Waals surface area contributed by atoms with E-state index in [4.69, 9.17) is 5.73 Å². The second kappa shape index (κ2) is 7.42. The van der Waals surface area contributed by atoms with Crippen molar-refractivity contribution >= 4 is 18.3 Å². The van der Waals surface area contributed by atoms with Gasteiger partial charge in [-0.2, -0.15) is 0 Å². The number of amides is 1. The summed E-state index contributed by atoms with van der Waals surface area (Å²) in [6, 6.07) is 18.8. The first kappa shape index (κ1) is 18.9. The van der Waals surface area contributed by atoms with Gasteiger partial charge in [0, 0.05) is 25.0 Å². The second-order valence-corrected chi connectivity index (χ2v) is 7.73. The van der Waals surface area contributed by atoms with Crippen LogP contribution >= 0.6 is 12.4 Å². The lowest BCUT2D eigenvalue weighted by molar-refractivity contribution is -0.136. The highest BCUT2D eigenvalue weighted by molar-refractivity contribution is 5.89. The number of likely N-dealkylation sites (tertiary alicyclic amines) is 1. The Hall–Kier alpha value is -1.84. The summed E-state index contributed by atoms with van der Waals surface area (Å²) in [4.78, 5) is 15.5. The zero-order valence-electron chi connectivity index (χ0n) is 15.2. The molecule has 1 aliphatic heterocycles. The van der Waals surface area contributed by atoms with E-state index in [2.05, 4.69) is 43.3 Å². The van der Waals surface area contributed by atoms with Gasteiger partial charge in [0.2, 0.25) is 5.91 Å². The molecule has 4 heteroatoms. The Morgan fingerprint density at radius 3 is 2.54 bits per heavy atom. The van der Waals surface area contributed by atoms with Crippen LogP contribution in [0.5, 0.6) is 0 Å². The number of benzene rings is 2. The van der Waals surface area contributed by atoms with Crippen LogP contribution in [0.3, 0.4) is 0 Å². The first-order valence-electron chi connectivity index (χ1n) is 9.28. The third-order valence-corrected chi connectivity index (χ3v) is 6.09. The number of halogens is 1. The van der Waals surface area contributed by atoms with Crippen molar-refractivity contribution in [1.82, 2.24) is 4.90 Å². The molecule has 0 spiro atoms. The second-order valence-electron chi connectivity index (χ2n) is 7.73. The number of nitrogens with zero attached hydrogens (tertiary/aromatic N) is 1. The number of hydrogen-bond donors (Lipinski definition) is 1. The van der Waals surface area contributed by atoms with Gasteiger partial charge in [0.25, 0.3) is 0 Å². The van der Waals surface area contributed by atoms with E-state index in [1.54, 1.807) is 0 Å². The predicted octanol–water partition coefficient (Wildman–Crippen LogP) is 3.66. The van der Waals surface area contributed by atoms with Gasteiger partial charge in [-0.05, 0) is 42.9 Å². The molecular formula is C22H27ClN2O. The van der Waals surface area contributed by atoms with Gasteiger partial charge in [0.05, 0.1) is 5.41 Å². The van der Waals surface area contributed by atoms with E-state index in [-0.39, 0.29) is 30.3 Å². The number of nitrogens with two attached hydrogens (primary N) is 1. The lowest BCUT2D eigenvalue weighted by Crippen LogP contribution is -2.46. The molecule has 2 aliphatic rings. The van der Waals surface area contributed by atoms with Crippen LogP contribution in [0, 0.1) is 0 Å². The zero-order valence-corrected chi connectivity index (χ0v) is 16.0. The Bertz CT molecular complexity index is 779. The molecular weight excluding hydrogens is 344 g/mol. The van der Waals surface area contributed by atoms with Crippen LogP contribution in [0.25, 0.3) is 0 Å². The predicted molar refractivity (Wildman–Crippen MR) is 108 cm³/mol. The van der Waals surface area contributed by atoms with E-state index in [9.17, 15) is 4.79 Å². The molecule has 0 bridgehead atoms. The van der Waals surface area contributed by atoms with Crippen LogP contribution in [0.2, 0.25) is 0 Å². The van der Waals surface area contributed by atoms with Crippen LogP contribution in [0.15, 0.2) is 54.6 Å². The molecule has 3 nitrogen and oxygen atoms in total. The quantitative estimate of drug-likeness (QED) is 0.876. The van der Waals surface area contributed by atoms with E-state index in [0.29, 0.717) is 6.54 Å². The van der Waals surface area contributed by atoms with Gasteiger partial charge < -0.3 is 10.6 Å². The molecule has 1 aliphatic carbocycles. The number of rotatable bonds is 2. The third-order valence-electron chi connectivity index (χ3n) is 6.09. The van der Waals surface area contributed by atoms with E-state index in [0.717, 1.165) is 25.8 Å². The molecule has 1 saturated heterocycles. The normalized spacial score (nSPS) is 27.5. The van der Waals surface area contributed by atoms with Crippen molar-refractivity contribution < 1.29 is 4.79 Å². The van der Waals surface area contributed by atoms with Crippen LogP contribution in [-0.4, -0.2) is 29.9 Å². The largest absolute Gasteiger partial charge is 0.340 e. The van der Waals surface area contributed by atoms with Gasteiger partial charge in [-0.3, -0.25) is 4.79 Å². The van der Waals surface area contributed by atoms with Crippen molar-refractivity contribution in [1.29, 1.82) is 0 Å². The molecule has 2 N–H and O–H groups in total. The summed E-state index contributed by atoms with van der Waals surface area (Å²) in [5, 5.41) is 0. The Balaban J connectivity index is 0.00000196. The average Bonchev–Trinajstić information content (AvgIpc) is 3.04. The highest BCUT2D eigenvalue weighted by Gasteiger charge is 2.44. The fourth-order valence-electron chi connectivity index (χ4n) is 4.66. The van der Waals surface area contributed by atoms with Crippen LogP contribution in [0.1, 0.15) is 42.4 Å². The van der Waals surface area contributed by atoms with Gasteiger partial charge in [-0.15, -0.1) is 12.4 Å². The van der Waals surface area contributed by atoms with E-state index in [1.165, 1.54) is 16.7 Å². The third kappa shape index (κ3) is 3.15. The highest BCUT2D eigenvalue weighted by Crippen LogP contribution is 2.40. The average molecular weight is 371 g/mol. The lowest BCUT2D eigenvalue weighted by Gasteiger charge is -2.37. The minimum atomic E-state index is -0.417. The summed E-state index contributed by atoms with van der Waals surface area (Å²) in [5.74, 6) is 0.473. The number of carbonyl (C=O) groups is 1. The van der Waals surface area contributed by atoms with Crippen molar-refractivity contribution in [2.45, 2.75) is 43.6 Å². The summed E-state index contributed by atoms with van der Waals surface area (Å²) in [7, 11) is 0. The van der Waals surface area contributed by atoms with Gasteiger partial charge in [0.1, 0.15) is 0 Å². The Kier molecular flexibility index (Phi) is 5.40. The van der Waals surface area contributed by atoms with Crippen LogP contribution in [0.4, 0.5) is 0 Å². The molecule has 1 heterocycles. The summed E-state index contributed by atoms with van der Waals surface area (Å²) in [6.45, 7) is 3.49. The van der Waals surface area contributed by atoms with E-state index < -0.39 is 5.41 Å². The van der Waals surface area contributed by atoms with Crippen molar-refractivity contribution in [2.75, 3.05) is 13.1 Å². The minimum Gasteiger partial charge on any atom is -0.340 e. The smallest absolute Gasteiger partial charge is 0.233 e. The molecule has 138 valence electrons. The first-order valence-corrected chi connectivity index (χ1v) is 9.28. The fraction of sp³-hybridized carbons (Fsp3) is 0.409.